The minimum absolute atomic E-state index is 0. The number of carbonyl (C=O) groups is 1. The van der Waals surface area contributed by atoms with Gasteiger partial charge in [0.2, 0.25) is 5.91 Å². The molecule has 1 aromatic carbocycles. The fourth-order valence-corrected chi connectivity index (χ4v) is 3.90. The normalized spacial score (nSPS) is 21.4. The van der Waals surface area contributed by atoms with Crippen molar-refractivity contribution in [2.75, 3.05) is 18.8 Å². The molecule has 1 heterocycles. The molecule has 5 heteroatoms. The van der Waals surface area contributed by atoms with Crippen LogP contribution in [0.5, 0.6) is 0 Å². The van der Waals surface area contributed by atoms with E-state index in [9.17, 15) is 4.79 Å². The second kappa shape index (κ2) is 8.80. The Balaban J connectivity index is 0.00000242. The molecule has 1 fully saturated rings. The first-order chi connectivity index (χ1) is 10.0. The lowest BCUT2D eigenvalue weighted by Gasteiger charge is -2.38. The number of carbonyl (C=O) groups excluding carboxylic acids is 1. The summed E-state index contributed by atoms with van der Waals surface area (Å²) >= 11 is 1.64. The molecule has 0 aromatic heterocycles. The number of likely N-dealkylation sites (tertiary alicyclic amines) is 1. The van der Waals surface area contributed by atoms with E-state index >= 15 is 0 Å². The highest BCUT2D eigenvalue weighted by molar-refractivity contribution is 8.00. The molecule has 1 aromatic rings. The summed E-state index contributed by atoms with van der Waals surface area (Å²) in [5, 5.41) is 0. The van der Waals surface area contributed by atoms with E-state index in [0.717, 1.165) is 19.4 Å². The van der Waals surface area contributed by atoms with Gasteiger partial charge in [-0.3, -0.25) is 4.79 Å². The van der Waals surface area contributed by atoms with E-state index in [1.807, 2.05) is 4.90 Å². The van der Waals surface area contributed by atoms with Gasteiger partial charge in [0, 0.05) is 24.0 Å². The van der Waals surface area contributed by atoms with Gasteiger partial charge in [-0.25, -0.2) is 0 Å². The lowest BCUT2D eigenvalue weighted by atomic mass is 9.92. The quantitative estimate of drug-likeness (QED) is 0.853. The summed E-state index contributed by atoms with van der Waals surface area (Å²) in [5.74, 6) is 1.41. The zero-order valence-corrected chi connectivity index (χ0v) is 15.3. The summed E-state index contributed by atoms with van der Waals surface area (Å²) in [5.41, 5.74) is 8.32. The Bertz CT molecular complexity index is 509. The average molecular weight is 343 g/mol. The van der Waals surface area contributed by atoms with Crippen LogP contribution in [-0.4, -0.2) is 35.7 Å². The van der Waals surface area contributed by atoms with Gasteiger partial charge in [-0.15, -0.1) is 24.2 Å². The van der Waals surface area contributed by atoms with Crippen LogP contribution < -0.4 is 5.73 Å². The number of hydrogen-bond acceptors (Lipinski definition) is 3. The standard InChI is InChI=1S/C17H26N2OS.ClH/c1-12-4-5-14(3)16(9-12)21-11-17(20)19-7-6-13(2)8-15(19)10-18;/h4-5,9,13,15H,6-8,10-11,18H2,1-3H3;1H. The highest BCUT2D eigenvalue weighted by atomic mass is 35.5. The van der Waals surface area contributed by atoms with Gasteiger partial charge in [-0.05, 0) is 44.2 Å². The van der Waals surface area contributed by atoms with Crippen molar-refractivity contribution in [2.45, 2.75) is 44.6 Å². The molecule has 124 valence electrons. The Hall–Kier alpha value is -0.710. The fraction of sp³-hybridized carbons (Fsp3) is 0.588. The molecule has 1 aliphatic heterocycles. The second-order valence-electron chi connectivity index (χ2n) is 6.16. The number of piperidine rings is 1. The maximum atomic E-state index is 12.5. The number of benzene rings is 1. The van der Waals surface area contributed by atoms with E-state index in [4.69, 9.17) is 5.73 Å². The van der Waals surface area contributed by atoms with Gasteiger partial charge in [0.25, 0.3) is 0 Å². The molecule has 1 saturated heterocycles. The van der Waals surface area contributed by atoms with Crippen LogP contribution in [0, 0.1) is 19.8 Å². The largest absolute Gasteiger partial charge is 0.338 e. The van der Waals surface area contributed by atoms with Crippen molar-refractivity contribution < 1.29 is 4.79 Å². The van der Waals surface area contributed by atoms with Crippen molar-refractivity contribution >= 4 is 30.1 Å². The van der Waals surface area contributed by atoms with Gasteiger partial charge >= 0.3 is 0 Å². The first kappa shape index (κ1) is 19.3. The Morgan fingerprint density at radius 2 is 2.14 bits per heavy atom. The average Bonchev–Trinajstić information content (AvgIpc) is 2.47. The SMILES string of the molecule is Cc1ccc(C)c(SCC(=O)N2CCC(C)CC2CN)c1.Cl. The summed E-state index contributed by atoms with van der Waals surface area (Å²) in [6, 6.07) is 6.61. The number of halogens is 1. The predicted octanol–water partition coefficient (Wildman–Crippen LogP) is 3.40. The zero-order chi connectivity index (χ0) is 15.4. The Kier molecular flexibility index (Phi) is 7.74. The van der Waals surface area contributed by atoms with Gasteiger partial charge in [0.1, 0.15) is 0 Å². The molecule has 2 N–H and O–H groups in total. The summed E-state index contributed by atoms with van der Waals surface area (Å²) in [6.07, 6.45) is 2.13. The number of rotatable bonds is 4. The third kappa shape index (κ3) is 4.90. The first-order valence-corrected chi connectivity index (χ1v) is 8.69. The van der Waals surface area contributed by atoms with E-state index in [2.05, 4.69) is 39.0 Å². The number of thioether (sulfide) groups is 1. The molecule has 2 rings (SSSR count). The molecule has 0 bridgehead atoms. The second-order valence-corrected chi connectivity index (χ2v) is 7.18. The molecular weight excluding hydrogens is 316 g/mol. The van der Waals surface area contributed by atoms with Gasteiger partial charge in [-0.1, -0.05) is 24.6 Å². The number of nitrogens with zero attached hydrogens (tertiary/aromatic N) is 1. The van der Waals surface area contributed by atoms with Crippen LogP contribution in [0.4, 0.5) is 0 Å². The molecule has 0 radical (unpaired) electrons. The lowest BCUT2D eigenvalue weighted by molar-refractivity contribution is -0.132. The number of aryl methyl sites for hydroxylation is 2. The monoisotopic (exact) mass is 342 g/mol. The van der Waals surface area contributed by atoms with E-state index in [1.54, 1.807) is 11.8 Å². The fourth-order valence-electron chi connectivity index (χ4n) is 2.89. The predicted molar refractivity (Wildman–Crippen MR) is 96.8 cm³/mol. The molecule has 1 aliphatic rings. The van der Waals surface area contributed by atoms with Crippen molar-refractivity contribution in [3.8, 4) is 0 Å². The van der Waals surface area contributed by atoms with Crippen molar-refractivity contribution in [3.05, 3.63) is 29.3 Å². The van der Waals surface area contributed by atoms with Gasteiger partial charge in [0.05, 0.1) is 5.75 Å². The molecule has 0 saturated carbocycles. The number of nitrogens with two attached hydrogens (primary N) is 1. The van der Waals surface area contributed by atoms with Crippen LogP contribution >= 0.6 is 24.2 Å². The highest BCUT2D eigenvalue weighted by Gasteiger charge is 2.28. The third-order valence-electron chi connectivity index (χ3n) is 4.27. The third-order valence-corrected chi connectivity index (χ3v) is 5.41. The minimum atomic E-state index is 0. The van der Waals surface area contributed by atoms with Crippen LogP contribution in [0.3, 0.4) is 0 Å². The molecule has 22 heavy (non-hydrogen) atoms. The topological polar surface area (TPSA) is 46.3 Å². The summed E-state index contributed by atoms with van der Waals surface area (Å²) in [6.45, 7) is 7.86. The van der Waals surface area contributed by atoms with E-state index < -0.39 is 0 Å². The smallest absolute Gasteiger partial charge is 0.233 e. The summed E-state index contributed by atoms with van der Waals surface area (Å²) < 4.78 is 0. The zero-order valence-electron chi connectivity index (χ0n) is 13.7. The molecule has 0 aliphatic carbocycles. The van der Waals surface area contributed by atoms with Gasteiger partial charge < -0.3 is 10.6 Å². The molecule has 3 nitrogen and oxygen atoms in total. The molecule has 1 amide bonds. The summed E-state index contributed by atoms with van der Waals surface area (Å²) in [4.78, 5) is 15.7. The van der Waals surface area contributed by atoms with E-state index in [-0.39, 0.29) is 24.4 Å². The van der Waals surface area contributed by atoms with E-state index in [0.29, 0.717) is 18.2 Å². The van der Waals surface area contributed by atoms with Crippen molar-refractivity contribution in [3.63, 3.8) is 0 Å². The van der Waals surface area contributed by atoms with Crippen LogP contribution in [0.2, 0.25) is 0 Å². The van der Waals surface area contributed by atoms with Crippen LogP contribution in [0.1, 0.15) is 30.9 Å². The molecule has 0 spiro atoms. The van der Waals surface area contributed by atoms with Crippen molar-refractivity contribution in [1.82, 2.24) is 4.90 Å². The summed E-state index contributed by atoms with van der Waals surface area (Å²) in [7, 11) is 0. The maximum absolute atomic E-state index is 12.5. The van der Waals surface area contributed by atoms with Crippen LogP contribution in [-0.2, 0) is 4.79 Å². The van der Waals surface area contributed by atoms with Gasteiger partial charge in [-0.2, -0.15) is 0 Å². The lowest BCUT2D eigenvalue weighted by Crippen LogP contribution is -2.49. The van der Waals surface area contributed by atoms with Gasteiger partial charge in [0.15, 0.2) is 0 Å². The van der Waals surface area contributed by atoms with E-state index in [1.165, 1.54) is 16.0 Å². The van der Waals surface area contributed by atoms with Crippen LogP contribution in [0.25, 0.3) is 0 Å². The maximum Gasteiger partial charge on any atom is 0.233 e. The Labute approximate surface area is 144 Å². The number of hydrogen-bond donors (Lipinski definition) is 1. The molecule has 2 atom stereocenters. The minimum Gasteiger partial charge on any atom is -0.338 e. The number of amides is 1. The Morgan fingerprint density at radius 1 is 1.41 bits per heavy atom. The molecular formula is C17H27ClN2OS. The van der Waals surface area contributed by atoms with Crippen molar-refractivity contribution in [2.24, 2.45) is 11.7 Å². The molecule has 2 unspecified atom stereocenters. The van der Waals surface area contributed by atoms with Crippen molar-refractivity contribution in [1.29, 1.82) is 0 Å². The Morgan fingerprint density at radius 3 is 2.82 bits per heavy atom. The van der Waals surface area contributed by atoms with Crippen LogP contribution in [0.15, 0.2) is 23.1 Å². The first-order valence-electron chi connectivity index (χ1n) is 7.71. The highest BCUT2D eigenvalue weighted by Crippen LogP contribution is 2.26.